The number of furan rings is 1. The Hall–Kier alpha value is -2.15. The molecule has 1 saturated heterocycles. The fourth-order valence-corrected chi connectivity index (χ4v) is 3.25. The van der Waals surface area contributed by atoms with Crippen molar-refractivity contribution in [2.75, 3.05) is 20.2 Å². The average molecular weight is 332 g/mol. The molecule has 130 valence electrons. The number of likely N-dealkylation sites (N-methyl/N-ethyl adjacent to an activating group) is 1. The van der Waals surface area contributed by atoms with Gasteiger partial charge in [0, 0.05) is 32.5 Å². The number of nitrogens with zero attached hydrogens (tertiary/aromatic N) is 3. The van der Waals surface area contributed by atoms with Gasteiger partial charge in [0.2, 0.25) is 0 Å². The summed E-state index contributed by atoms with van der Waals surface area (Å²) >= 11 is 0. The second kappa shape index (κ2) is 7.17. The van der Waals surface area contributed by atoms with Crippen molar-refractivity contribution >= 4 is 5.91 Å². The first-order valence-electron chi connectivity index (χ1n) is 8.47. The number of hydrogen-bond donors (Lipinski definition) is 1. The van der Waals surface area contributed by atoms with E-state index in [2.05, 4.69) is 22.1 Å². The minimum Gasteiger partial charge on any atom is -0.456 e. The highest BCUT2D eigenvalue weighted by molar-refractivity contribution is 5.91. The van der Waals surface area contributed by atoms with E-state index in [1.54, 1.807) is 11.9 Å². The fourth-order valence-electron chi connectivity index (χ4n) is 3.25. The lowest BCUT2D eigenvalue weighted by Crippen LogP contribution is -2.36. The number of amides is 1. The maximum absolute atomic E-state index is 12.7. The number of aryl methyl sites for hydroxylation is 2. The van der Waals surface area contributed by atoms with Gasteiger partial charge in [0.25, 0.3) is 5.91 Å². The van der Waals surface area contributed by atoms with E-state index in [1.807, 2.05) is 13.0 Å². The van der Waals surface area contributed by atoms with Crippen LogP contribution in [-0.4, -0.2) is 52.3 Å². The first-order chi connectivity index (χ1) is 11.6. The molecule has 1 fully saturated rings. The number of nitrogens with one attached hydrogen (secondary N) is 1. The van der Waals surface area contributed by atoms with Gasteiger partial charge in [-0.05, 0) is 24.5 Å². The normalized spacial score (nSPS) is 20.5. The predicted molar refractivity (Wildman–Crippen MR) is 87.9 cm³/mol. The van der Waals surface area contributed by atoms with Gasteiger partial charge in [0.1, 0.15) is 17.9 Å². The summed E-state index contributed by atoms with van der Waals surface area (Å²) in [6, 6.07) is 1.86. The van der Waals surface area contributed by atoms with Crippen LogP contribution in [0.5, 0.6) is 0 Å². The Kier molecular flexibility index (Phi) is 4.99. The molecule has 3 heterocycles. The Morgan fingerprint density at radius 3 is 2.88 bits per heavy atom. The second-order valence-electron chi connectivity index (χ2n) is 6.13. The number of aromatic nitrogens is 3. The Balaban J connectivity index is 1.69. The molecule has 0 aromatic carbocycles. The van der Waals surface area contributed by atoms with Crippen LogP contribution >= 0.6 is 0 Å². The van der Waals surface area contributed by atoms with Gasteiger partial charge in [-0.15, -0.1) is 0 Å². The third-order valence-corrected chi connectivity index (χ3v) is 4.60. The molecule has 0 bridgehead atoms. The van der Waals surface area contributed by atoms with Crippen LogP contribution in [0, 0.1) is 0 Å². The van der Waals surface area contributed by atoms with E-state index < -0.39 is 0 Å². The van der Waals surface area contributed by atoms with Gasteiger partial charge in [-0.25, -0.2) is 4.98 Å². The summed E-state index contributed by atoms with van der Waals surface area (Å²) in [6.45, 7) is 5.26. The summed E-state index contributed by atoms with van der Waals surface area (Å²) in [6.07, 6.45) is 3.95. The van der Waals surface area contributed by atoms with Crippen molar-refractivity contribution in [3.8, 4) is 0 Å². The van der Waals surface area contributed by atoms with Crippen molar-refractivity contribution in [1.29, 1.82) is 0 Å². The summed E-state index contributed by atoms with van der Waals surface area (Å²) in [4.78, 5) is 18.6. The van der Waals surface area contributed by atoms with Crippen molar-refractivity contribution in [1.82, 2.24) is 20.1 Å². The standard InChI is InChI=1S/C17H24N4O3/c1-4-11-8-14(24-13(11)5-2)17(22)21(3)9-15-12(6-7-23-15)16-18-10-19-20-16/h8,10,12,15H,4-7,9H2,1-3H3,(H,18,19,20)/t12-,15-/m1/s1. The van der Waals surface area contributed by atoms with E-state index in [4.69, 9.17) is 9.15 Å². The first kappa shape index (κ1) is 16.7. The number of aromatic amines is 1. The van der Waals surface area contributed by atoms with Gasteiger partial charge in [-0.1, -0.05) is 13.8 Å². The molecule has 24 heavy (non-hydrogen) atoms. The maximum Gasteiger partial charge on any atom is 0.289 e. The molecule has 1 aliphatic rings. The van der Waals surface area contributed by atoms with Crippen molar-refractivity contribution in [2.45, 2.75) is 45.1 Å². The number of rotatable bonds is 6. The van der Waals surface area contributed by atoms with Crippen LogP contribution in [0.25, 0.3) is 0 Å². The smallest absolute Gasteiger partial charge is 0.289 e. The van der Waals surface area contributed by atoms with Crippen LogP contribution in [0.1, 0.15) is 53.9 Å². The number of hydrogen-bond acceptors (Lipinski definition) is 5. The van der Waals surface area contributed by atoms with Crippen molar-refractivity contribution in [3.05, 3.63) is 35.3 Å². The van der Waals surface area contributed by atoms with Crippen LogP contribution in [0.15, 0.2) is 16.8 Å². The molecule has 1 aliphatic heterocycles. The molecular formula is C17H24N4O3. The molecule has 2 aromatic rings. The topological polar surface area (TPSA) is 84.3 Å². The number of carbonyl (C=O) groups is 1. The van der Waals surface area contributed by atoms with Crippen LogP contribution in [0.4, 0.5) is 0 Å². The largest absolute Gasteiger partial charge is 0.456 e. The number of ether oxygens (including phenoxy) is 1. The zero-order chi connectivity index (χ0) is 17.1. The number of H-pyrrole nitrogens is 1. The van der Waals surface area contributed by atoms with Gasteiger partial charge in [0.15, 0.2) is 5.76 Å². The zero-order valence-corrected chi connectivity index (χ0v) is 14.4. The lowest BCUT2D eigenvalue weighted by molar-refractivity contribution is 0.0527. The minimum absolute atomic E-state index is 0.0850. The van der Waals surface area contributed by atoms with E-state index in [1.165, 1.54) is 6.33 Å². The highest BCUT2D eigenvalue weighted by Gasteiger charge is 2.34. The minimum atomic E-state index is -0.115. The van der Waals surface area contributed by atoms with Crippen molar-refractivity contribution in [3.63, 3.8) is 0 Å². The van der Waals surface area contributed by atoms with E-state index in [0.717, 1.165) is 36.4 Å². The summed E-state index contributed by atoms with van der Waals surface area (Å²) in [5.41, 5.74) is 1.10. The molecule has 7 nitrogen and oxygen atoms in total. The van der Waals surface area contributed by atoms with Crippen molar-refractivity contribution < 1.29 is 13.9 Å². The summed E-state index contributed by atoms with van der Waals surface area (Å²) in [5, 5.41) is 6.81. The molecule has 2 aromatic heterocycles. The molecule has 3 rings (SSSR count). The predicted octanol–water partition coefficient (Wildman–Crippen LogP) is 2.17. The molecule has 0 saturated carbocycles. The lowest BCUT2D eigenvalue weighted by Gasteiger charge is -2.23. The van der Waals surface area contributed by atoms with Crippen LogP contribution < -0.4 is 0 Å². The molecule has 0 spiro atoms. The summed E-state index contributed by atoms with van der Waals surface area (Å²) in [7, 11) is 1.78. The summed E-state index contributed by atoms with van der Waals surface area (Å²) < 4.78 is 11.5. The molecule has 1 N–H and O–H groups in total. The monoisotopic (exact) mass is 332 g/mol. The molecule has 2 atom stereocenters. The summed E-state index contributed by atoms with van der Waals surface area (Å²) in [5.74, 6) is 2.14. The molecular weight excluding hydrogens is 308 g/mol. The maximum atomic E-state index is 12.7. The van der Waals surface area contributed by atoms with E-state index in [-0.39, 0.29) is 17.9 Å². The molecule has 0 aliphatic carbocycles. The average Bonchev–Trinajstić information content (AvgIpc) is 3.32. The Labute approximate surface area is 141 Å². The van der Waals surface area contributed by atoms with Crippen molar-refractivity contribution in [2.24, 2.45) is 0 Å². The SMILES string of the molecule is CCc1cc(C(=O)N(C)C[C@H]2OCC[C@H]2c2ncn[nH]2)oc1CC. The number of carbonyl (C=O) groups excluding carboxylic acids is 1. The van der Waals surface area contributed by atoms with Gasteiger partial charge < -0.3 is 14.1 Å². The lowest BCUT2D eigenvalue weighted by atomic mass is 10.0. The van der Waals surface area contributed by atoms with Crippen LogP contribution in [0.2, 0.25) is 0 Å². The third-order valence-electron chi connectivity index (χ3n) is 4.60. The van der Waals surface area contributed by atoms with Gasteiger partial charge in [-0.2, -0.15) is 5.10 Å². The Morgan fingerprint density at radius 2 is 2.25 bits per heavy atom. The zero-order valence-electron chi connectivity index (χ0n) is 14.4. The van der Waals surface area contributed by atoms with Gasteiger partial charge >= 0.3 is 0 Å². The van der Waals surface area contributed by atoms with E-state index in [0.29, 0.717) is 18.9 Å². The molecule has 1 amide bonds. The quantitative estimate of drug-likeness (QED) is 0.876. The van der Waals surface area contributed by atoms with Crippen LogP contribution in [0.3, 0.4) is 0 Å². The highest BCUT2D eigenvalue weighted by Crippen LogP contribution is 2.29. The second-order valence-corrected chi connectivity index (χ2v) is 6.13. The third kappa shape index (κ3) is 3.21. The highest BCUT2D eigenvalue weighted by atomic mass is 16.5. The Morgan fingerprint density at radius 1 is 1.42 bits per heavy atom. The first-order valence-corrected chi connectivity index (χ1v) is 8.47. The van der Waals surface area contributed by atoms with Crippen LogP contribution in [-0.2, 0) is 17.6 Å². The van der Waals surface area contributed by atoms with Gasteiger partial charge in [0.05, 0.1) is 6.10 Å². The van der Waals surface area contributed by atoms with E-state index in [9.17, 15) is 4.79 Å². The molecule has 7 heteroatoms. The van der Waals surface area contributed by atoms with E-state index >= 15 is 0 Å². The Bertz CT molecular complexity index is 659. The molecule has 0 radical (unpaired) electrons. The van der Waals surface area contributed by atoms with Gasteiger partial charge in [-0.3, -0.25) is 9.89 Å². The fraction of sp³-hybridized carbons (Fsp3) is 0.588. The molecule has 0 unspecified atom stereocenters.